The Morgan fingerprint density at radius 2 is 1.93 bits per heavy atom. The van der Waals surface area contributed by atoms with Crippen LogP contribution in [0.3, 0.4) is 0 Å². The van der Waals surface area contributed by atoms with Crippen LogP contribution in [0.2, 0.25) is 0 Å². The summed E-state index contributed by atoms with van der Waals surface area (Å²) >= 11 is 0. The number of aryl methyl sites for hydroxylation is 1. The van der Waals surface area contributed by atoms with Gasteiger partial charge in [0.2, 0.25) is 0 Å². The van der Waals surface area contributed by atoms with Gasteiger partial charge in [0, 0.05) is 19.6 Å². The fourth-order valence-corrected chi connectivity index (χ4v) is 1.14. The second kappa shape index (κ2) is 6.03. The summed E-state index contributed by atoms with van der Waals surface area (Å²) in [4.78, 5) is 11.2. The summed E-state index contributed by atoms with van der Waals surface area (Å²) in [5.41, 5.74) is 7.56. The molecule has 0 aromatic heterocycles. The number of hydrogen-bond acceptors (Lipinski definition) is 2. The molecule has 1 aromatic rings. The topological polar surface area (TPSA) is 67.2 Å². The molecule has 0 saturated carbocycles. The standard InChI is InChI=1S/C11H17N3O/c1-9-2-4-10(5-3-9)8-14-11(15)13-7-6-12/h2-5H,6-8,12H2,1H3,(H2,13,14,15). The molecule has 0 aliphatic rings. The molecule has 0 aliphatic heterocycles. The van der Waals surface area contributed by atoms with E-state index in [0.29, 0.717) is 19.6 Å². The van der Waals surface area contributed by atoms with Crippen molar-refractivity contribution in [2.24, 2.45) is 5.73 Å². The molecule has 0 aliphatic carbocycles. The molecule has 82 valence electrons. The Hall–Kier alpha value is -1.55. The lowest BCUT2D eigenvalue weighted by atomic mass is 10.1. The van der Waals surface area contributed by atoms with Crippen molar-refractivity contribution in [1.29, 1.82) is 0 Å². The van der Waals surface area contributed by atoms with Gasteiger partial charge >= 0.3 is 6.03 Å². The van der Waals surface area contributed by atoms with Gasteiger partial charge in [-0.05, 0) is 12.5 Å². The number of nitrogens with one attached hydrogen (secondary N) is 2. The van der Waals surface area contributed by atoms with E-state index < -0.39 is 0 Å². The van der Waals surface area contributed by atoms with Crippen LogP contribution in [-0.2, 0) is 6.54 Å². The molecular formula is C11H17N3O. The van der Waals surface area contributed by atoms with Gasteiger partial charge in [-0.3, -0.25) is 0 Å². The van der Waals surface area contributed by atoms with Gasteiger partial charge in [-0.1, -0.05) is 29.8 Å². The van der Waals surface area contributed by atoms with Crippen LogP contribution in [0, 0.1) is 6.92 Å². The normalized spacial score (nSPS) is 9.73. The van der Waals surface area contributed by atoms with Crippen molar-refractivity contribution in [2.45, 2.75) is 13.5 Å². The molecule has 1 rings (SSSR count). The number of carbonyl (C=O) groups is 1. The lowest BCUT2D eigenvalue weighted by molar-refractivity contribution is 0.241. The zero-order chi connectivity index (χ0) is 11.1. The number of rotatable bonds is 4. The first kappa shape index (κ1) is 11.5. The van der Waals surface area contributed by atoms with E-state index >= 15 is 0 Å². The smallest absolute Gasteiger partial charge is 0.315 e. The molecule has 0 spiro atoms. The molecule has 2 amide bonds. The monoisotopic (exact) mass is 207 g/mol. The minimum absolute atomic E-state index is 0.180. The highest BCUT2D eigenvalue weighted by Crippen LogP contribution is 2.01. The first-order valence-corrected chi connectivity index (χ1v) is 4.99. The van der Waals surface area contributed by atoms with E-state index in [-0.39, 0.29) is 6.03 Å². The van der Waals surface area contributed by atoms with E-state index in [9.17, 15) is 4.79 Å². The summed E-state index contributed by atoms with van der Waals surface area (Å²) in [5.74, 6) is 0. The van der Waals surface area contributed by atoms with Crippen molar-refractivity contribution in [1.82, 2.24) is 10.6 Å². The van der Waals surface area contributed by atoms with Crippen molar-refractivity contribution < 1.29 is 4.79 Å². The summed E-state index contributed by atoms with van der Waals surface area (Å²) in [5, 5.41) is 5.39. The predicted octanol–water partition coefficient (Wildman–Crippen LogP) is 0.753. The maximum Gasteiger partial charge on any atom is 0.315 e. The number of nitrogens with two attached hydrogens (primary N) is 1. The van der Waals surface area contributed by atoms with E-state index in [1.165, 1.54) is 5.56 Å². The van der Waals surface area contributed by atoms with E-state index in [4.69, 9.17) is 5.73 Å². The molecule has 0 saturated heterocycles. The summed E-state index contributed by atoms with van der Waals surface area (Å²) in [6.07, 6.45) is 0. The van der Waals surface area contributed by atoms with Crippen LogP contribution >= 0.6 is 0 Å². The summed E-state index contributed by atoms with van der Waals surface area (Å²) in [6.45, 7) is 3.53. The maximum atomic E-state index is 11.2. The Balaban J connectivity index is 2.30. The Bertz CT molecular complexity index is 308. The minimum Gasteiger partial charge on any atom is -0.337 e. The molecule has 4 nitrogen and oxygen atoms in total. The van der Waals surface area contributed by atoms with Gasteiger partial charge < -0.3 is 16.4 Å². The predicted molar refractivity (Wildman–Crippen MR) is 60.5 cm³/mol. The second-order valence-corrected chi connectivity index (χ2v) is 3.38. The fourth-order valence-electron chi connectivity index (χ4n) is 1.14. The number of amides is 2. The van der Waals surface area contributed by atoms with Gasteiger partial charge in [0.15, 0.2) is 0 Å². The van der Waals surface area contributed by atoms with E-state index in [1.54, 1.807) is 0 Å². The quantitative estimate of drug-likeness (QED) is 0.682. The third-order valence-electron chi connectivity index (χ3n) is 2.00. The molecule has 0 fully saturated rings. The highest BCUT2D eigenvalue weighted by molar-refractivity contribution is 5.73. The van der Waals surface area contributed by atoms with Gasteiger partial charge in [-0.2, -0.15) is 0 Å². The highest BCUT2D eigenvalue weighted by Gasteiger charge is 1.98. The highest BCUT2D eigenvalue weighted by atomic mass is 16.2. The summed E-state index contributed by atoms with van der Waals surface area (Å²) < 4.78 is 0. The third kappa shape index (κ3) is 4.46. The van der Waals surface area contributed by atoms with Crippen molar-refractivity contribution in [3.05, 3.63) is 35.4 Å². The zero-order valence-corrected chi connectivity index (χ0v) is 8.92. The maximum absolute atomic E-state index is 11.2. The first-order chi connectivity index (χ1) is 7.22. The van der Waals surface area contributed by atoms with Crippen LogP contribution in [0.5, 0.6) is 0 Å². The molecule has 0 bridgehead atoms. The minimum atomic E-state index is -0.180. The average molecular weight is 207 g/mol. The lowest BCUT2D eigenvalue weighted by Crippen LogP contribution is -2.37. The Labute approximate surface area is 89.9 Å². The number of urea groups is 1. The number of hydrogen-bond donors (Lipinski definition) is 3. The van der Waals surface area contributed by atoms with Crippen LogP contribution in [0.4, 0.5) is 4.79 Å². The van der Waals surface area contributed by atoms with E-state index in [2.05, 4.69) is 10.6 Å². The van der Waals surface area contributed by atoms with Crippen LogP contribution in [0.1, 0.15) is 11.1 Å². The Morgan fingerprint density at radius 1 is 1.27 bits per heavy atom. The van der Waals surface area contributed by atoms with Gasteiger partial charge in [0.25, 0.3) is 0 Å². The lowest BCUT2D eigenvalue weighted by Gasteiger charge is -2.06. The van der Waals surface area contributed by atoms with Gasteiger partial charge in [0.1, 0.15) is 0 Å². The van der Waals surface area contributed by atoms with Crippen LogP contribution < -0.4 is 16.4 Å². The second-order valence-electron chi connectivity index (χ2n) is 3.38. The summed E-state index contributed by atoms with van der Waals surface area (Å²) in [6, 6.07) is 7.86. The van der Waals surface area contributed by atoms with Crippen LogP contribution in [0.15, 0.2) is 24.3 Å². The molecule has 0 atom stereocenters. The third-order valence-corrected chi connectivity index (χ3v) is 2.00. The van der Waals surface area contributed by atoms with E-state index in [0.717, 1.165) is 5.56 Å². The van der Waals surface area contributed by atoms with Crippen molar-refractivity contribution in [2.75, 3.05) is 13.1 Å². The molecular weight excluding hydrogens is 190 g/mol. The summed E-state index contributed by atoms with van der Waals surface area (Å²) in [7, 11) is 0. The molecule has 4 heteroatoms. The number of benzene rings is 1. The van der Waals surface area contributed by atoms with Gasteiger partial charge in [-0.25, -0.2) is 4.79 Å². The van der Waals surface area contributed by atoms with Gasteiger partial charge in [0.05, 0.1) is 0 Å². The largest absolute Gasteiger partial charge is 0.337 e. The molecule has 0 unspecified atom stereocenters. The molecule has 0 radical (unpaired) electrons. The van der Waals surface area contributed by atoms with E-state index in [1.807, 2.05) is 31.2 Å². The SMILES string of the molecule is Cc1ccc(CNC(=O)NCCN)cc1. The Kier molecular flexibility index (Phi) is 4.63. The van der Waals surface area contributed by atoms with Crippen molar-refractivity contribution in [3.63, 3.8) is 0 Å². The molecule has 0 heterocycles. The molecule has 4 N–H and O–H groups in total. The Morgan fingerprint density at radius 3 is 2.53 bits per heavy atom. The first-order valence-electron chi connectivity index (χ1n) is 4.99. The average Bonchev–Trinajstić information content (AvgIpc) is 2.25. The molecule has 1 aromatic carbocycles. The van der Waals surface area contributed by atoms with Crippen LogP contribution in [0.25, 0.3) is 0 Å². The zero-order valence-electron chi connectivity index (χ0n) is 8.92. The van der Waals surface area contributed by atoms with Crippen molar-refractivity contribution >= 4 is 6.03 Å². The van der Waals surface area contributed by atoms with Crippen molar-refractivity contribution in [3.8, 4) is 0 Å². The molecule has 15 heavy (non-hydrogen) atoms. The van der Waals surface area contributed by atoms with Gasteiger partial charge in [-0.15, -0.1) is 0 Å². The fraction of sp³-hybridized carbons (Fsp3) is 0.364. The number of carbonyl (C=O) groups excluding carboxylic acids is 1. The van der Waals surface area contributed by atoms with Crippen LogP contribution in [-0.4, -0.2) is 19.1 Å².